The van der Waals surface area contributed by atoms with Gasteiger partial charge in [-0.05, 0) is 0 Å². The van der Waals surface area contributed by atoms with E-state index in [2.05, 4.69) is 26.0 Å². The molecule has 0 unspecified atom stereocenters. The van der Waals surface area contributed by atoms with E-state index in [1.54, 1.807) is 0 Å². The molecule has 0 saturated heterocycles. The Balaban J connectivity index is 2.99. The van der Waals surface area contributed by atoms with Gasteiger partial charge in [0.25, 0.3) is 0 Å². The van der Waals surface area contributed by atoms with E-state index in [4.69, 9.17) is 0 Å². The monoisotopic (exact) mass is 225 g/mol. The molecule has 0 fully saturated rings. The van der Waals surface area contributed by atoms with Crippen LogP contribution < -0.4 is 10.3 Å². The molecule has 1 N–H and O–H groups in total. The first-order chi connectivity index (χ1) is 5.77. The van der Waals surface area contributed by atoms with Crippen LogP contribution in [0.15, 0.2) is 29.1 Å². The molecule has 0 aliphatic rings. The average Bonchev–Trinajstić information content (AvgIpc) is 2.04. The third-order valence-corrected chi connectivity index (χ3v) is 2.26. The molecule has 2 aromatic rings. The van der Waals surface area contributed by atoms with Gasteiger partial charge in [0.2, 0.25) is 0 Å². The summed E-state index contributed by atoms with van der Waals surface area (Å²) in [6.07, 6.45) is 0. The van der Waals surface area contributed by atoms with Crippen LogP contribution in [0, 0.1) is 0 Å². The minimum atomic E-state index is -0.317. The molecule has 0 bridgehead atoms. The second-order valence-corrected chi connectivity index (χ2v) is 3.20. The summed E-state index contributed by atoms with van der Waals surface area (Å²) in [6.45, 7) is 0. The van der Waals surface area contributed by atoms with E-state index in [1.807, 2.05) is 24.3 Å². The van der Waals surface area contributed by atoms with Gasteiger partial charge in [0, 0.05) is 0 Å². The topological polar surface area (TPSA) is 45.8 Å². The van der Waals surface area contributed by atoms with Crippen molar-refractivity contribution in [2.45, 2.75) is 0 Å². The molecule has 59 valence electrons. The molecule has 0 saturated carbocycles. The van der Waals surface area contributed by atoms with E-state index in [0.717, 1.165) is 10.9 Å². The fourth-order valence-corrected chi connectivity index (χ4v) is 1.62. The zero-order valence-electron chi connectivity index (χ0n) is 6.07. The Morgan fingerprint density at radius 2 is 2.08 bits per heavy atom. The number of aromatic nitrogens is 2. The average molecular weight is 224 g/mol. The molecule has 1 aromatic heterocycles. The summed E-state index contributed by atoms with van der Waals surface area (Å²) in [5.41, 5.74) is 0.494. The summed E-state index contributed by atoms with van der Waals surface area (Å²) in [7, 11) is 0. The Morgan fingerprint density at radius 1 is 1.33 bits per heavy atom. The number of hydrogen-bond donors (Lipinski definition) is 1. The maximum absolute atomic E-state index is 10.9. The maximum atomic E-state index is 10.9. The molecule has 1 radical (unpaired) electrons. The number of benzene rings is 1. The zero-order valence-corrected chi connectivity index (χ0v) is 7.79. The van der Waals surface area contributed by atoms with Crippen LogP contribution >= 0.6 is 0 Å². The predicted molar refractivity (Wildman–Crippen MR) is 47.8 cm³/mol. The quantitative estimate of drug-likeness (QED) is 0.625. The van der Waals surface area contributed by atoms with E-state index in [0.29, 0.717) is 4.59 Å². The third-order valence-electron chi connectivity index (χ3n) is 1.60. The van der Waals surface area contributed by atoms with Crippen molar-refractivity contribution in [3.8, 4) is 0 Å². The second kappa shape index (κ2) is 2.73. The van der Waals surface area contributed by atoms with Gasteiger partial charge in [-0.25, -0.2) is 0 Å². The van der Waals surface area contributed by atoms with Gasteiger partial charge in [0.05, 0.1) is 0 Å². The van der Waals surface area contributed by atoms with Crippen molar-refractivity contribution in [1.29, 1.82) is 0 Å². The standard InChI is InChI=1S/C8H5N2OSe/c11-8-9-6-4-2-1-3-5(6)7(12)10-8/h1-4H,(H,9,10,11). The Labute approximate surface area is 76.6 Å². The first-order valence-corrected chi connectivity index (χ1v) is 4.29. The van der Waals surface area contributed by atoms with Crippen LogP contribution in [-0.2, 0) is 0 Å². The minimum absolute atomic E-state index is 0.317. The van der Waals surface area contributed by atoms with Gasteiger partial charge in [-0.3, -0.25) is 0 Å². The van der Waals surface area contributed by atoms with E-state index in [9.17, 15) is 4.79 Å². The molecule has 0 aliphatic heterocycles. The van der Waals surface area contributed by atoms with Gasteiger partial charge in [0.15, 0.2) is 0 Å². The van der Waals surface area contributed by atoms with Crippen LogP contribution in [0.4, 0.5) is 0 Å². The van der Waals surface area contributed by atoms with Gasteiger partial charge < -0.3 is 0 Å². The van der Waals surface area contributed by atoms with Crippen LogP contribution in [0.5, 0.6) is 0 Å². The third kappa shape index (κ3) is 1.15. The molecule has 1 heterocycles. The molecule has 0 aliphatic carbocycles. The number of hydrogen-bond acceptors (Lipinski definition) is 2. The summed E-state index contributed by atoms with van der Waals surface area (Å²) in [5.74, 6) is 0. The Hall–Kier alpha value is -1.12. The van der Waals surface area contributed by atoms with E-state index >= 15 is 0 Å². The molecule has 0 amide bonds. The van der Waals surface area contributed by atoms with Crippen LogP contribution in [-0.4, -0.2) is 26.0 Å². The van der Waals surface area contributed by atoms with E-state index in [-0.39, 0.29) is 5.69 Å². The number of H-pyrrole nitrogens is 1. The molecule has 4 heteroatoms. The molecule has 3 nitrogen and oxygen atoms in total. The van der Waals surface area contributed by atoms with Crippen LogP contribution in [0.25, 0.3) is 10.9 Å². The summed E-state index contributed by atoms with van der Waals surface area (Å²) in [4.78, 5) is 17.3. The van der Waals surface area contributed by atoms with Crippen molar-refractivity contribution in [2.75, 3.05) is 0 Å². The first kappa shape index (κ1) is 7.52. The molecule has 0 spiro atoms. The molecule has 2 rings (SSSR count). The van der Waals surface area contributed by atoms with Crippen molar-refractivity contribution in [1.82, 2.24) is 9.97 Å². The van der Waals surface area contributed by atoms with Crippen molar-refractivity contribution in [2.24, 2.45) is 0 Å². The molecular weight excluding hydrogens is 219 g/mol. The van der Waals surface area contributed by atoms with Crippen molar-refractivity contribution < 1.29 is 0 Å². The second-order valence-electron chi connectivity index (χ2n) is 2.39. The van der Waals surface area contributed by atoms with Crippen LogP contribution in [0.3, 0.4) is 0 Å². The van der Waals surface area contributed by atoms with Crippen molar-refractivity contribution in [3.05, 3.63) is 34.7 Å². The summed E-state index contributed by atoms with van der Waals surface area (Å²) in [5, 5.41) is 0.942. The SMILES string of the molecule is O=c1nc([Se])c2ccccc2[nH]1. The van der Waals surface area contributed by atoms with Gasteiger partial charge in [-0.1, -0.05) is 0 Å². The number of nitrogens with one attached hydrogen (secondary N) is 1. The van der Waals surface area contributed by atoms with Gasteiger partial charge in [0.1, 0.15) is 0 Å². The Bertz CT molecular complexity index is 478. The van der Waals surface area contributed by atoms with Crippen LogP contribution in [0.2, 0.25) is 0 Å². The number of nitrogens with zero attached hydrogens (tertiary/aromatic N) is 1. The number of para-hydroxylation sites is 1. The van der Waals surface area contributed by atoms with Crippen molar-refractivity contribution >= 4 is 31.5 Å². The number of rotatable bonds is 0. The van der Waals surface area contributed by atoms with Gasteiger partial charge in [-0.15, -0.1) is 0 Å². The summed E-state index contributed by atoms with van der Waals surface area (Å²) in [6, 6.07) is 7.53. The van der Waals surface area contributed by atoms with E-state index in [1.165, 1.54) is 0 Å². The molecule has 1 aromatic carbocycles. The number of aromatic amines is 1. The normalized spacial score (nSPS) is 10.3. The summed E-state index contributed by atoms with van der Waals surface area (Å²) >= 11 is 2.75. The van der Waals surface area contributed by atoms with Gasteiger partial charge >= 0.3 is 76.2 Å². The Morgan fingerprint density at radius 3 is 2.92 bits per heavy atom. The van der Waals surface area contributed by atoms with Crippen molar-refractivity contribution in [3.63, 3.8) is 0 Å². The fraction of sp³-hybridized carbons (Fsp3) is 0. The molecule has 12 heavy (non-hydrogen) atoms. The van der Waals surface area contributed by atoms with Gasteiger partial charge in [-0.2, -0.15) is 0 Å². The first-order valence-electron chi connectivity index (χ1n) is 3.43. The molecular formula is C8H5N2OSe. The predicted octanol–water partition coefficient (Wildman–Crippen LogP) is -0.283. The van der Waals surface area contributed by atoms with Crippen LogP contribution in [0.1, 0.15) is 0 Å². The summed E-state index contributed by atoms with van der Waals surface area (Å²) < 4.78 is 0.648. The zero-order chi connectivity index (χ0) is 8.55. The fourth-order valence-electron chi connectivity index (χ4n) is 1.07. The molecule has 0 atom stereocenters. The number of fused-ring (bicyclic) bond motifs is 1. The Kier molecular flexibility index (Phi) is 1.71. The van der Waals surface area contributed by atoms with E-state index < -0.39 is 0 Å².